The molecule has 0 aliphatic rings. The van der Waals surface area contributed by atoms with Crippen LogP contribution in [0.4, 0.5) is 0 Å². The fourth-order valence-electron chi connectivity index (χ4n) is 2.58. The molecule has 1 atom stereocenters. The molecule has 2 N–H and O–H groups in total. The summed E-state index contributed by atoms with van der Waals surface area (Å²) in [4.78, 5) is 0. The molecule has 0 aromatic carbocycles. The Labute approximate surface area is 115 Å². The number of rotatable bonds is 5. The first-order valence-electron chi connectivity index (χ1n) is 7.01. The molecule has 0 aliphatic carbocycles. The number of hydrogen-bond donors (Lipinski definition) is 1. The van der Waals surface area contributed by atoms with Crippen LogP contribution in [0, 0.1) is 11.3 Å². The second kappa shape index (κ2) is 5.70. The third-order valence-corrected chi connectivity index (χ3v) is 3.84. The predicted octanol–water partition coefficient (Wildman–Crippen LogP) is 2.67. The van der Waals surface area contributed by atoms with E-state index >= 15 is 0 Å². The van der Waals surface area contributed by atoms with Gasteiger partial charge in [0.05, 0.1) is 0 Å². The topological polar surface area (TPSA) is 56.2 Å². The standard InChI is InChI=1S/C15H24N4/c1-15(2,3)12(9-10-16)7-8-14-18-17-13-6-4-5-11-19(13)14/h4-6,11-12H,7-10,16H2,1-3H3. The van der Waals surface area contributed by atoms with Gasteiger partial charge in [-0.05, 0) is 42.9 Å². The third kappa shape index (κ3) is 3.32. The average Bonchev–Trinajstić information content (AvgIpc) is 2.76. The van der Waals surface area contributed by atoms with Crippen molar-refractivity contribution in [2.45, 2.75) is 40.0 Å². The number of nitrogens with two attached hydrogens (primary N) is 1. The molecule has 0 radical (unpaired) electrons. The zero-order chi connectivity index (χ0) is 13.9. The van der Waals surface area contributed by atoms with Crippen LogP contribution in [-0.2, 0) is 6.42 Å². The van der Waals surface area contributed by atoms with E-state index in [1.807, 2.05) is 24.4 Å². The fraction of sp³-hybridized carbons (Fsp3) is 0.600. The molecular weight excluding hydrogens is 236 g/mol. The summed E-state index contributed by atoms with van der Waals surface area (Å²) in [5.41, 5.74) is 6.94. The zero-order valence-electron chi connectivity index (χ0n) is 12.1. The lowest BCUT2D eigenvalue weighted by Crippen LogP contribution is -2.24. The molecule has 2 aromatic heterocycles. The summed E-state index contributed by atoms with van der Waals surface area (Å²) < 4.78 is 2.07. The smallest absolute Gasteiger partial charge is 0.160 e. The molecule has 19 heavy (non-hydrogen) atoms. The van der Waals surface area contributed by atoms with Gasteiger partial charge in [-0.15, -0.1) is 10.2 Å². The molecule has 0 bridgehead atoms. The molecule has 2 rings (SSSR count). The maximum atomic E-state index is 5.73. The molecule has 2 aromatic rings. The Balaban J connectivity index is 2.08. The van der Waals surface area contributed by atoms with E-state index in [-0.39, 0.29) is 0 Å². The molecule has 1 unspecified atom stereocenters. The quantitative estimate of drug-likeness (QED) is 0.899. The van der Waals surface area contributed by atoms with Crippen LogP contribution >= 0.6 is 0 Å². The second-order valence-electron chi connectivity index (χ2n) is 6.22. The average molecular weight is 260 g/mol. The summed E-state index contributed by atoms with van der Waals surface area (Å²) in [6.45, 7) is 7.61. The molecule has 0 fully saturated rings. The Morgan fingerprint density at radius 3 is 2.68 bits per heavy atom. The lowest BCUT2D eigenvalue weighted by molar-refractivity contribution is 0.214. The summed E-state index contributed by atoms with van der Waals surface area (Å²) >= 11 is 0. The molecular formula is C15H24N4. The Hall–Kier alpha value is -1.42. The maximum Gasteiger partial charge on any atom is 0.160 e. The van der Waals surface area contributed by atoms with Crippen LogP contribution in [0.5, 0.6) is 0 Å². The summed E-state index contributed by atoms with van der Waals surface area (Å²) in [5, 5.41) is 8.48. The van der Waals surface area contributed by atoms with Crippen molar-refractivity contribution in [1.82, 2.24) is 14.6 Å². The highest BCUT2D eigenvalue weighted by Crippen LogP contribution is 2.32. The minimum Gasteiger partial charge on any atom is -0.330 e. The van der Waals surface area contributed by atoms with Gasteiger partial charge in [-0.2, -0.15) is 0 Å². The number of nitrogens with zero attached hydrogens (tertiary/aromatic N) is 3. The van der Waals surface area contributed by atoms with Crippen LogP contribution in [0.3, 0.4) is 0 Å². The molecule has 0 saturated carbocycles. The molecule has 0 amide bonds. The van der Waals surface area contributed by atoms with Crippen molar-refractivity contribution in [3.05, 3.63) is 30.2 Å². The van der Waals surface area contributed by atoms with Crippen LogP contribution in [0.25, 0.3) is 5.65 Å². The van der Waals surface area contributed by atoms with Gasteiger partial charge in [-0.1, -0.05) is 26.8 Å². The van der Waals surface area contributed by atoms with E-state index in [1.54, 1.807) is 0 Å². The Kier molecular flexibility index (Phi) is 4.20. The minimum absolute atomic E-state index is 0.292. The van der Waals surface area contributed by atoms with Crippen LogP contribution in [0.15, 0.2) is 24.4 Å². The van der Waals surface area contributed by atoms with E-state index in [4.69, 9.17) is 5.73 Å². The largest absolute Gasteiger partial charge is 0.330 e. The van der Waals surface area contributed by atoms with Crippen molar-refractivity contribution in [2.75, 3.05) is 6.54 Å². The number of pyridine rings is 1. The lowest BCUT2D eigenvalue weighted by atomic mass is 9.76. The van der Waals surface area contributed by atoms with Gasteiger partial charge in [-0.3, -0.25) is 4.40 Å². The highest BCUT2D eigenvalue weighted by molar-refractivity contribution is 5.36. The van der Waals surface area contributed by atoms with E-state index in [9.17, 15) is 0 Å². The van der Waals surface area contributed by atoms with Gasteiger partial charge in [0.25, 0.3) is 0 Å². The first-order valence-corrected chi connectivity index (χ1v) is 7.01. The molecule has 2 heterocycles. The number of fused-ring (bicyclic) bond motifs is 1. The zero-order valence-corrected chi connectivity index (χ0v) is 12.1. The van der Waals surface area contributed by atoms with Gasteiger partial charge < -0.3 is 5.73 Å². The van der Waals surface area contributed by atoms with Crippen LogP contribution in [-0.4, -0.2) is 21.1 Å². The van der Waals surface area contributed by atoms with Crippen LogP contribution < -0.4 is 5.73 Å². The first-order chi connectivity index (χ1) is 9.02. The Morgan fingerprint density at radius 2 is 2.00 bits per heavy atom. The van der Waals surface area contributed by atoms with E-state index < -0.39 is 0 Å². The van der Waals surface area contributed by atoms with Crippen molar-refractivity contribution in [1.29, 1.82) is 0 Å². The van der Waals surface area contributed by atoms with Gasteiger partial charge in [0, 0.05) is 12.6 Å². The van der Waals surface area contributed by atoms with E-state index in [0.29, 0.717) is 11.3 Å². The fourth-order valence-corrected chi connectivity index (χ4v) is 2.58. The van der Waals surface area contributed by atoms with Crippen LogP contribution in [0.2, 0.25) is 0 Å². The highest BCUT2D eigenvalue weighted by atomic mass is 15.2. The Morgan fingerprint density at radius 1 is 1.21 bits per heavy atom. The van der Waals surface area contributed by atoms with E-state index in [0.717, 1.165) is 37.3 Å². The molecule has 104 valence electrons. The van der Waals surface area contributed by atoms with Crippen molar-refractivity contribution >= 4 is 5.65 Å². The highest BCUT2D eigenvalue weighted by Gasteiger charge is 2.24. The summed E-state index contributed by atoms with van der Waals surface area (Å²) in [6.07, 6.45) is 5.16. The van der Waals surface area contributed by atoms with Gasteiger partial charge in [0.1, 0.15) is 5.82 Å². The van der Waals surface area contributed by atoms with Crippen molar-refractivity contribution < 1.29 is 0 Å². The molecule has 4 nitrogen and oxygen atoms in total. The number of aryl methyl sites for hydroxylation is 1. The van der Waals surface area contributed by atoms with Gasteiger partial charge in [0.2, 0.25) is 0 Å². The second-order valence-corrected chi connectivity index (χ2v) is 6.22. The summed E-state index contributed by atoms with van der Waals surface area (Å²) in [5.74, 6) is 1.66. The SMILES string of the molecule is CC(C)(C)C(CCN)CCc1nnc2ccccn12. The normalized spacial score (nSPS) is 13.9. The van der Waals surface area contributed by atoms with Crippen molar-refractivity contribution in [3.8, 4) is 0 Å². The Bertz CT molecular complexity index is 524. The van der Waals surface area contributed by atoms with E-state index in [2.05, 4.69) is 35.4 Å². The molecule has 4 heteroatoms. The number of hydrogen-bond acceptors (Lipinski definition) is 3. The summed E-state index contributed by atoms with van der Waals surface area (Å²) in [6, 6.07) is 5.98. The lowest BCUT2D eigenvalue weighted by Gasteiger charge is -2.30. The summed E-state index contributed by atoms with van der Waals surface area (Å²) in [7, 11) is 0. The first kappa shape index (κ1) is 14.0. The van der Waals surface area contributed by atoms with E-state index in [1.165, 1.54) is 0 Å². The number of aromatic nitrogens is 3. The predicted molar refractivity (Wildman–Crippen MR) is 77.9 cm³/mol. The third-order valence-electron chi connectivity index (χ3n) is 3.84. The van der Waals surface area contributed by atoms with Crippen molar-refractivity contribution in [2.24, 2.45) is 17.1 Å². The van der Waals surface area contributed by atoms with Gasteiger partial charge in [-0.25, -0.2) is 0 Å². The minimum atomic E-state index is 0.292. The van der Waals surface area contributed by atoms with Gasteiger partial charge >= 0.3 is 0 Å². The molecule has 0 aliphatic heterocycles. The molecule has 0 saturated heterocycles. The van der Waals surface area contributed by atoms with Crippen molar-refractivity contribution in [3.63, 3.8) is 0 Å². The van der Waals surface area contributed by atoms with Crippen LogP contribution in [0.1, 0.15) is 39.4 Å². The van der Waals surface area contributed by atoms with Gasteiger partial charge in [0.15, 0.2) is 5.65 Å². The molecule has 0 spiro atoms. The maximum absolute atomic E-state index is 5.73. The monoisotopic (exact) mass is 260 g/mol.